The van der Waals surface area contributed by atoms with Crippen LogP contribution in [0, 0.1) is 5.92 Å². The van der Waals surface area contributed by atoms with Gasteiger partial charge in [-0.15, -0.1) is 0 Å². The highest BCUT2D eigenvalue weighted by atomic mass is 16.2. The standard InChI is InChI=1S/C24H25N5O2/c30-23(26-19-10-13-28(14-11-19)24(31)17-8-9-17)21-16-29(20-6-2-1-3-7-20)27-22(21)18-5-4-12-25-15-18/h1-7,12,15-17,19H,8-11,13-14H2,(H,26,30). The van der Waals surface area contributed by atoms with Crippen LogP contribution in [-0.4, -0.2) is 50.6 Å². The molecule has 5 rings (SSSR count). The SMILES string of the molecule is O=C(NC1CCN(C(=O)C2CC2)CC1)c1cn(-c2ccccc2)nc1-c1cccnc1. The van der Waals surface area contributed by atoms with Gasteiger partial charge in [0, 0.05) is 49.2 Å². The molecule has 2 fully saturated rings. The average Bonchev–Trinajstić information content (AvgIpc) is 3.58. The molecular formula is C24H25N5O2. The zero-order chi connectivity index (χ0) is 21.2. The van der Waals surface area contributed by atoms with E-state index in [9.17, 15) is 9.59 Å². The van der Waals surface area contributed by atoms with Gasteiger partial charge in [0.15, 0.2) is 0 Å². The number of rotatable bonds is 5. The zero-order valence-electron chi connectivity index (χ0n) is 17.3. The first-order valence-electron chi connectivity index (χ1n) is 10.8. The van der Waals surface area contributed by atoms with Crippen molar-refractivity contribution >= 4 is 11.8 Å². The van der Waals surface area contributed by atoms with Crippen molar-refractivity contribution in [3.63, 3.8) is 0 Å². The van der Waals surface area contributed by atoms with Crippen LogP contribution in [0.5, 0.6) is 0 Å². The van der Waals surface area contributed by atoms with Crippen LogP contribution in [0.15, 0.2) is 61.1 Å². The van der Waals surface area contributed by atoms with E-state index in [4.69, 9.17) is 0 Å². The number of benzene rings is 1. The molecule has 3 aromatic rings. The Hall–Kier alpha value is -3.48. The van der Waals surface area contributed by atoms with E-state index in [-0.39, 0.29) is 23.8 Å². The quantitative estimate of drug-likeness (QED) is 0.695. The Bertz CT molecular complexity index is 1070. The Balaban J connectivity index is 1.34. The number of aromatic nitrogens is 3. The van der Waals surface area contributed by atoms with Gasteiger partial charge in [-0.3, -0.25) is 14.6 Å². The van der Waals surface area contributed by atoms with E-state index in [0.717, 1.165) is 36.9 Å². The van der Waals surface area contributed by atoms with Gasteiger partial charge >= 0.3 is 0 Å². The predicted octanol–water partition coefficient (Wildman–Crippen LogP) is 3.07. The van der Waals surface area contributed by atoms with Crippen LogP contribution in [0.1, 0.15) is 36.0 Å². The lowest BCUT2D eigenvalue weighted by Gasteiger charge is -2.32. The van der Waals surface area contributed by atoms with E-state index in [1.807, 2.05) is 47.4 Å². The fourth-order valence-electron chi connectivity index (χ4n) is 4.06. The van der Waals surface area contributed by atoms with Crippen molar-refractivity contribution in [3.05, 3.63) is 66.6 Å². The Kier molecular flexibility index (Phi) is 5.24. The van der Waals surface area contributed by atoms with Gasteiger partial charge < -0.3 is 10.2 Å². The van der Waals surface area contributed by atoms with E-state index in [0.29, 0.717) is 24.3 Å². The number of nitrogens with one attached hydrogen (secondary N) is 1. The molecule has 0 radical (unpaired) electrons. The third kappa shape index (κ3) is 4.21. The van der Waals surface area contributed by atoms with Gasteiger partial charge in [0.05, 0.1) is 11.3 Å². The molecule has 2 aromatic heterocycles. The van der Waals surface area contributed by atoms with Gasteiger partial charge in [-0.2, -0.15) is 5.10 Å². The number of piperidine rings is 1. The molecule has 0 atom stereocenters. The maximum atomic E-state index is 13.2. The summed E-state index contributed by atoms with van der Waals surface area (Å²) in [4.78, 5) is 31.6. The maximum Gasteiger partial charge on any atom is 0.255 e. The molecule has 1 aliphatic carbocycles. The first kappa shape index (κ1) is 19.5. The van der Waals surface area contributed by atoms with E-state index in [2.05, 4.69) is 15.4 Å². The number of para-hydroxylation sites is 1. The minimum absolute atomic E-state index is 0.0533. The summed E-state index contributed by atoms with van der Waals surface area (Å²) in [6.07, 6.45) is 8.80. The molecular weight excluding hydrogens is 390 g/mol. The number of amides is 2. The summed E-state index contributed by atoms with van der Waals surface area (Å²) in [5.41, 5.74) is 2.81. The Morgan fingerprint density at radius 1 is 0.968 bits per heavy atom. The van der Waals surface area contributed by atoms with Crippen LogP contribution < -0.4 is 5.32 Å². The second-order valence-corrected chi connectivity index (χ2v) is 8.26. The molecule has 3 heterocycles. The number of hydrogen-bond acceptors (Lipinski definition) is 4. The van der Waals surface area contributed by atoms with E-state index in [1.54, 1.807) is 23.3 Å². The van der Waals surface area contributed by atoms with Crippen LogP contribution in [0.2, 0.25) is 0 Å². The number of carbonyl (C=O) groups excluding carboxylic acids is 2. The Morgan fingerprint density at radius 2 is 1.74 bits per heavy atom. The third-order valence-electron chi connectivity index (χ3n) is 5.98. The van der Waals surface area contributed by atoms with Crippen molar-refractivity contribution in [1.82, 2.24) is 25.0 Å². The third-order valence-corrected chi connectivity index (χ3v) is 5.98. The molecule has 7 nitrogen and oxygen atoms in total. The second-order valence-electron chi connectivity index (χ2n) is 8.26. The highest BCUT2D eigenvalue weighted by Gasteiger charge is 2.35. The lowest BCUT2D eigenvalue weighted by Crippen LogP contribution is -2.47. The smallest absolute Gasteiger partial charge is 0.255 e. The predicted molar refractivity (Wildman–Crippen MR) is 117 cm³/mol. The van der Waals surface area contributed by atoms with Gasteiger partial charge in [0.1, 0.15) is 5.69 Å². The normalized spacial score (nSPS) is 16.8. The van der Waals surface area contributed by atoms with Crippen LogP contribution in [0.3, 0.4) is 0 Å². The molecule has 31 heavy (non-hydrogen) atoms. The summed E-state index contributed by atoms with van der Waals surface area (Å²) >= 11 is 0. The summed E-state index contributed by atoms with van der Waals surface area (Å²) in [6, 6.07) is 13.5. The second kappa shape index (κ2) is 8.34. The van der Waals surface area contributed by atoms with Crippen molar-refractivity contribution in [2.24, 2.45) is 5.92 Å². The van der Waals surface area contributed by atoms with Crippen molar-refractivity contribution in [1.29, 1.82) is 0 Å². The van der Waals surface area contributed by atoms with Crippen molar-refractivity contribution in [2.75, 3.05) is 13.1 Å². The summed E-state index contributed by atoms with van der Waals surface area (Å²) in [5, 5.41) is 7.85. The first-order chi connectivity index (χ1) is 15.2. The van der Waals surface area contributed by atoms with E-state index in [1.165, 1.54) is 0 Å². The molecule has 1 saturated carbocycles. The summed E-state index contributed by atoms with van der Waals surface area (Å²) in [7, 11) is 0. The lowest BCUT2D eigenvalue weighted by atomic mass is 10.0. The molecule has 1 N–H and O–H groups in total. The molecule has 7 heteroatoms. The number of likely N-dealkylation sites (tertiary alicyclic amines) is 1. The first-order valence-corrected chi connectivity index (χ1v) is 10.8. The Labute approximate surface area is 181 Å². The monoisotopic (exact) mass is 415 g/mol. The molecule has 0 bridgehead atoms. The topological polar surface area (TPSA) is 80.1 Å². The highest BCUT2D eigenvalue weighted by molar-refractivity contribution is 6.00. The molecule has 1 aliphatic heterocycles. The van der Waals surface area contributed by atoms with Crippen molar-refractivity contribution in [3.8, 4) is 16.9 Å². The van der Waals surface area contributed by atoms with Crippen LogP contribution >= 0.6 is 0 Å². The van der Waals surface area contributed by atoms with Gasteiger partial charge in [0.2, 0.25) is 5.91 Å². The molecule has 0 spiro atoms. The number of carbonyl (C=O) groups is 2. The summed E-state index contributed by atoms with van der Waals surface area (Å²) in [6.45, 7) is 1.41. The fraction of sp³-hybridized carbons (Fsp3) is 0.333. The average molecular weight is 415 g/mol. The number of pyridine rings is 1. The molecule has 0 unspecified atom stereocenters. The lowest BCUT2D eigenvalue weighted by molar-refractivity contribution is -0.133. The van der Waals surface area contributed by atoms with Gasteiger partial charge in [0.25, 0.3) is 5.91 Å². The fourth-order valence-corrected chi connectivity index (χ4v) is 4.06. The number of hydrogen-bond donors (Lipinski definition) is 1. The minimum Gasteiger partial charge on any atom is -0.349 e. The van der Waals surface area contributed by atoms with E-state index < -0.39 is 0 Å². The van der Waals surface area contributed by atoms with Gasteiger partial charge in [-0.25, -0.2) is 4.68 Å². The molecule has 1 saturated heterocycles. The molecule has 2 aliphatic rings. The number of nitrogens with zero attached hydrogens (tertiary/aromatic N) is 4. The van der Waals surface area contributed by atoms with Crippen LogP contribution in [0.4, 0.5) is 0 Å². The van der Waals surface area contributed by atoms with Gasteiger partial charge in [-0.05, 0) is 49.9 Å². The van der Waals surface area contributed by atoms with Crippen molar-refractivity contribution < 1.29 is 9.59 Å². The van der Waals surface area contributed by atoms with E-state index >= 15 is 0 Å². The molecule has 158 valence electrons. The zero-order valence-corrected chi connectivity index (χ0v) is 17.3. The molecule has 2 amide bonds. The largest absolute Gasteiger partial charge is 0.349 e. The summed E-state index contributed by atoms with van der Waals surface area (Å²) < 4.78 is 1.73. The minimum atomic E-state index is -0.145. The maximum absolute atomic E-state index is 13.2. The summed E-state index contributed by atoms with van der Waals surface area (Å²) in [5.74, 6) is 0.387. The van der Waals surface area contributed by atoms with Crippen molar-refractivity contribution in [2.45, 2.75) is 31.7 Å². The molecule has 1 aromatic carbocycles. The highest BCUT2D eigenvalue weighted by Crippen LogP contribution is 2.32. The van der Waals surface area contributed by atoms with Gasteiger partial charge in [-0.1, -0.05) is 18.2 Å². The van der Waals surface area contributed by atoms with Crippen LogP contribution in [0.25, 0.3) is 16.9 Å². The van der Waals surface area contributed by atoms with Crippen LogP contribution in [-0.2, 0) is 4.79 Å². The Morgan fingerprint density at radius 3 is 2.42 bits per heavy atom.